The van der Waals surface area contributed by atoms with Crippen molar-refractivity contribution in [2.75, 3.05) is 0 Å². The molecule has 1 aromatic rings. The molecular weight excluding hydrogens is 292 g/mol. The average molecular weight is 316 g/mol. The summed E-state index contributed by atoms with van der Waals surface area (Å²) in [6.45, 7) is 5.34. The molecule has 0 spiro atoms. The maximum atomic E-state index is 12.9. The molecule has 1 saturated carbocycles. The number of hydrogen-bond acceptors (Lipinski definition) is 4. The molecule has 1 aromatic carbocycles. The molecule has 0 radical (unpaired) electrons. The molecule has 0 amide bonds. The molecule has 0 aromatic heterocycles. The fraction of sp³-hybridized carbons (Fsp3) is 0.526. The highest BCUT2D eigenvalue weighted by Crippen LogP contribution is 2.32. The van der Waals surface area contributed by atoms with Crippen LogP contribution in [0.3, 0.4) is 0 Å². The molecule has 23 heavy (non-hydrogen) atoms. The van der Waals surface area contributed by atoms with Gasteiger partial charge in [-0.15, -0.1) is 0 Å². The number of benzene rings is 1. The zero-order valence-electron chi connectivity index (χ0n) is 14.0. The van der Waals surface area contributed by atoms with Gasteiger partial charge in [-0.25, -0.2) is 0 Å². The van der Waals surface area contributed by atoms with Gasteiger partial charge in [0.05, 0.1) is 0 Å². The summed E-state index contributed by atoms with van der Waals surface area (Å²) in [6, 6.07) is 8.76. The van der Waals surface area contributed by atoms with Crippen molar-refractivity contribution < 1.29 is 19.1 Å². The van der Waals surface area contributed by atoms with E-state index in [-0.39, 0.29) is 23.9 Å². The molecule has 1 aliphatic carbocycles. The fourth-order valence-electron chi connectivity index (χ4n) is 3.00. The van der Waals surface area contributed by atoms with Gasteiger partial charge in [-0.05, 0) is 39.5 Å². The van der Waals surface area contributed by atoms with E-state index >= 15 is 0 Å². The summed E-state index contributed by atoms with van der Waals surface area (Å²) < 4.78 is 5.46. The van der Waals surface area contributed by atoms with Gasteiger partial charge in [0.15, 0.2) is 5.78 Å². The molecule has 0 aliphatic heterocycles. The lowest BCUT2D eigenvalue weighted by Gasteiger charge is -2.30. The first-order chi connectivity index (χ1) is 10.8. The highest BCUT2D eigenvalue weighted by atomic mass is 16.6. The van der Waals surface area contributed by atoms with Gasteiger partial charge >= 0.3 is 5.97 Å². The highest BCUT2D eigenvalue weighted by Gasteiger charge is 2.40. The van der Waals surface area contributed by atoms with E-state index in [4.69, 9.17) is 4.74 Å². The summed E-state index contributed by atoms with van der Waals surface area (Å²) in [5.41, 5.74) is -0.174. The minimum absolute atomic E-state index is 0.121. The topological polar surface area (TPSA) is 60.4 Å². The minimum atomic E-state index is -0.902. The monoisotopic (exact) mass is 316 g/mol. The number of esters is 1. The summed E-state index contributed by atoms with van der Waals surface area (Å²) in [5.74, 6) is -1.82. The van der Waals surface area contributed by atoms with Gasteiger partial charge in [-0.1, -0.05) is 30.3 Å². The predicted molar refractivity (Wildman–Crippen MR) is 87.1 cm³/mol. The van der Waals surface area contributed by atoms with E-state index in [0.717, 1.165) is 6.42 Å². The smallest absolute Gasteiger partial charge is 0.317 e. The number of ether oxygens (including phenoxy) is 1. The SMILES string of the molecule is CC(C)(C)OC(=O)C(C(=O)c1ccccc1)[C@@H]1CCCC(=O)C1. The first-order valence-electron chi connectivity index (χ1n) is 8.12. The third kappa shape index (κ3) is 4.75. The maximum Gasteiger partial charge on any atom is 0.317 e. The van der Waals surface area contributed by atoms with Crippen LogP contribution in [0, 0.1) is 11.8 Å². The number of carbonyl (C=O) groups is 3. The summed E-state index contributed by atoms with van der Waals surface area (Å²) in [7, 11) is 0. The van der Waals surface area contributed by atoms with Crippen molar-refractivity contribution in [1.82, 2.24) is 0 Å². The van der Waals surface area contributed by atoms with Crippen molar-refractivity contribution >= 4 is 17.5 Å². The number of hydrogen-bond donors (Lipinski definition) is 0. The molecule has 0 saturated heterocycles. The second kappa shape index (κ2) is 7.07. The van der Waals surface area contributed by atoms with Crippen LogP contribution in [0.15, 0.2) is 30.3 Å². The van der Waals surface area contributed by atoms with E-state index < -0.39 is 17.5 Å². The molecule has 0 N–H and O–H groups in total. The van der Waals surface area contributed by atoms with Gasteiger partial charge in [0.1, 0.15) is 17.3 Å². The largest absolute Gasteiger partial charge is 0.459 e. The Morgan fingerprint density at radius 3 is 2.39 bits per heavy atom. The number of rotatable bonds is 4. The van der Waals surface area contributed by atoms with Crippen molar-refractivity contribution in [3.63, 3.8) is 0 Å². The maximum absolute atomic E-state index is 12.9. The number of carbonyl (C=O) groups excluding carboxylic acids is 3. The zero-order chi connectivity index (χ0) is 17.0. The number of ketones is 2. The third-order valence-corrected chi connectivity index (χ3v) is 3.99. The summed E-state index contributed by atoms with van der Waals surface area (Å²) in [6.07, 6.45) is 2.25. The van der Waals surface area contributed by atoms with Crippen LogP contribution in [0.25, 0.3) is 0 Å². The molecule has 124 valence electrons. The van der Waals surface area contributed by atoms with Gasteiger partial charge in [0.2, 0.25) is 0 Å². The van der Waals surface area contributed by atoms with Crippen LogP contribution in [0.2, 0.25) is 0 Å². The summed E-state index contributed by atoms with van der Waals surface area (Å²) in [4.78, 5) is 37.3. The van der Waals surface area contributed by atoms with Crippen molar-refractivity contribution in [2.45, 2.75) is 52.1 Å². The normalized spacial score (nSPS) is 20.0. The second-order valence-corrected chi connectivity index (χ2v) is 7.14. The summed E-state index contributed by atoms with van der Waals surface area (Å²) in [5, 5.41) is 0. The first kappa shape index (κ1) is 17.4. The lowest BCUT2D eigenvalue weighted by molar-refractivity contribution is -0.160. The summed E-state index contributed by atoms with van der Waals surface area (Å²) >= 11 is 0. The molecule has 1 aliphatic rings. The van der Waals surface area contributed by atoms with E-state index in [0.29, 0.717) is 18.4 Å². The van der Waals surface area contributed by atoms with E-state index in [1.54, 1.807) is 45.0 Å². The molecule has 0 heterocycles. The molecule has 2 atom stereocenters. The average Bonchev–Trinajstić information content (AvgIpc) is 2.46. The van der Waals surface area contributed by atoms with E-state index in [9.17, 15) is 14.4 Å². The quantitative estimate of drug-likeness (QED) is 0.484. The lowest BCUT2D eigenvalue weighted by atomic mass is 9.76. The fourth-order valence-corrected chi connectivity index (χ4v) is 3.00. The van der Waals surface area contributed by atoms with E-state index in [1.807, 2.05) is 6.07 Å². The van der Waals surface area contributed by atoms with Crippen LogP contribution in [-0.4, -0.2) is 23.1 Å². The van der Waals surface area contributed by atoms with Crippen LogP contribution < -0.4 is 0 Å². The highest BCUT2D eigenvalue weighted by molar-refractivity contribution is 6.09. The van der Waals surface area contributed by atoms with Gasteiger partial charge in [-0.3, -0.25) is 14.4 Å². The molecule has 4 heteroatoms. The Morgan fingerprint density at radius 1 is 1.17 bits per heavy atom. The Hall–Kier alpha value is -1.97. The van der Waals surface area contributed by atoms with Crippen LogP contribution in [0.1, 0.15) is 56.8 Å². The van der Waals surface area contributed by atoms with Gasteiger partial charge < -0.3 is 4.74 Å². The molecule has 2 rings (SSSR count). The Balaban J connectivity index is 2.29. The molecule has 1 unspecified atom stereocenters. The van der Waals surface area contributed by atoms with E-state index in [1.165, 1.54) is 0 Å². The van der Waals surface area contributed by atoms with Crippen LogP contribution in [-0.2, 0) is 14.3 Å². The Morgan fingerprint density at radius 2 is 1.83 bits per heavy atom. The third-order valence-electron chi connectivity index (χ3n) is 3.99. The lowest BCUT2D eigenvalue weighted by Crippen LogP contribution is -2.39. The molecule has 0 bridgehead atoms. The minimum Gasteiger partial charge on any atom is -0.459 e. The predicted octanol–water partition coefficient (Wildman–Crippen LogP) is 3.59. The Kier molecular flexibility index (Phi) is 5.34. The zero-order valence-corrected chi connectivity index (χ0v) is 14.0. The van der Waals surface area contributed by atoms with Crippen molar-refractivity contribution in [1.29, 1.82) is 0 Å². The molecule has 4 nitrogen and oxygen atoms in total. The van der Waals surface area contributed by atoms with Crippen LogP contribution in [0.4, 0.5) is 0 Å². The molecular formula is C19H24O4. The van der Waals surface area contributed by atoms with Gasteiger partial charge in [0.25, 0.3) is 0 Å². The first-order valence-corrected chi connectivity index (χ1v) is 8.12. The molecule has 1 fully saturated rings. The Labute approximate surface area is 137 Å². The standard InChI is InChI=1S/C19H24O4/c1-19(2,3)23-18(22)16(14-10-7-11-15(20)12-14)17(21)13-8-5-4-6-9-13/h4-6,8-9,14,16H,7,10-12H2,1-3H3/t14-,16?/m1/s1. The van der Waals surface area contributed by atoms with E-state index in [2.05, 4.69) is 0 Å². The van der Waals surface area contributed by atoms with Gasteiger partial charge in [-0.2, -0.15) is 0 Å². The van der Waals surface area contributed by atoms with Crippen molar-refractivity contribution in [2.24, 2.45) is 11.8 Å². The Bertz CT molecular complexity index is 583. The van der Waals surface area contributed by atoms with Crippen molar-refractivity contribution in [3.05, 3.63) is 35.9 Å². The number of Topliss-reactive ketones (excluding diaryl/α,β-unsaturated/α-hetero) is 2. The van der Waals surface area contributed by atoms with Crippen molar-refractivity contribution in [3.8, 4) is 0 Å². The van der Waals surface area contributed by atoms with Crippen LogP contribution >= 0.6 is 0 Å². The van der Waals surface area contributed by atoms with Gasteiger partial charge in [0, 0.05) is 18.4 Å². The second-order valence-electron chi connectivity index (χ2n) is 7.14. The van der Waals surface area contributed by atoms with Crippen LogP contribution in [0.5, 0.6) is 0 Å².